The van der Waals surface area contributed by atoms with Crippen LogP contribution in [0.4, 0.5) is 4.39 Å². The molecule has 1 unspecified atom stereocenters. The first kappa shape index (κ1) is 16.3. The van der Waals surface area contributed by atoms with Crippen LogP contribution in [-0.4, -0.2) is 31.6 Å². The van der Waals surface area contributed by atoms with Crippen molar-refractivity contribution in [3.8, 4) is 5.00 Å². The van der Waals surface area contributed by atoms with E-state index in [0.717, 1.165) is 26.8 Å². The number of hydrogen-bond acceptors (Lipinski definition) is 5. The van der Waals surface area contributed by atoms with E-state index in [1.807, 2.05) is 11.5 Å². The van der Waals surface area contributed by atoms with Crippen molar-refractivity contribution in [1.82, 2.24) is 14.8 Å². The first-order valence-corrected chi connectivity index (χ1v) is 9.44. The average Bonchev–Trinajstić information content (AvgIpc) is 3.27. The number of aryl methyl sites for hydroxylation is 1. The Labute approximate surface area is 158 Å². The quantitative estimate of drug-likeness (QED) is 0.739. The maximum atomic E-state index is 14.6. The second-order valence-electron chi connectivity index (χ2n) is 6.77. The summed E-state index contributed by atoms with van der Waals surface area (Å²) in [6, 6.07) is 6.56. The van der Waals surface area contributed by atoms with Gasteiger partial charge in [-0.1, -0.05) is 12.1 Å². The van der Waals surface area contributed by atoms with Gasteiger partial charge in [-0.05, 0) is 37.5 Å². The van der Waals surface area contributed by atoms with E-state index >= 15 is 0 Å². The smallest absolute Gasteiger partial charge is 0.307 e. The monoisotopic (exact) mass is 382 g/mol. The Morgan fingerprint density at radius 3 is 2.89 bits per heavy atom. The Kier molecular flexibility index (Phi) is 3.51. The summed E-state index contributed by atoms with van der Waals surface area (Å²) in [7, 11) is 0. The Morgan fingerprint density at radius 1 is 1.30 bits per heavy atom. The fourth-order valence-electron chi connectivity index (χ4n) is 3.87. The molecule has 1 atom stereocenters. The van der Waals surface area contributed by atoms with Gasteiger partial charge >= 0.3 is 5.97 Å². The maximum Gasteiger partial charge on any atom is 0.307 e. The lowest BCUT2D eigenvalue weighted by atomic mass is 9.97. The van der Waals surface area contributed by atoms with Gasteiger partial charge in [0.25, 0.3) is 0 Å². The molecule has 0 amide bonds. The van der Waals surface area contributed by atoms with Gasteiger partial charge in [0.05, 0.1) is 11.6 Å². The number of carboxylic acids is 1. The number of thiophene rings is 1. The number of benzene rings is 1. The van der Waals surface area contributed by atoms with Gasteiger partial charge in [-0.25, -0.2) is 4.39 Å². The summed E-state index contributed by atoms with van der Waals surface area (Å²) >= 11 is 1.54. The Balaban J connectivity index is 1.77. The van der Waals surface area contributed by atoms with Crippen molar-refractivity contribution in [2.45, 2.75) is 26.3 Å². The number of carboxylic acid groups (broad SMARTS) is 1. The SMILES string of the molecule is Cc1nnc2n1-c1sc3c(c1C(c1ccccc1F)=NC2)CC(C(=O)O)C3. The van der Waals surface area contributed by atoms with Gasteiger partial charge in [0.2, 0.25) is 0 Å². The molecule has 8 heteroatoms. The summed E-state index contributed by atoms with van der Waals surface area (Å²) in [5.74, 6) is -0.139. The number of nitrogens with zero attached hydrogens (tertiary/aromatic N) is 4. The molecular formula is C19H15FN4O2S. The lowest BCUT2D eigenvalue weighted by Gasteiger charge is -2.11. The second-order valence-corrected chi connectivity index (χ2v) is 7.85. The Hall–Kier alpha value is -2.87. The number of fused-ring (bicyclic) bond motifs is 5. The first-order chi connectivity index (χ1) is 13.0. The fourth-order valence-corrected chi connectivity index (χ4v) is 5.35. The molecule has 6 nitrogen and oxygen atoms in total. The van der Waals surface area contributed by atoms with Crippen molar-refractivity contribution in [2.75, 3.05) is 0 Å². The number of halogens is 1. The molecule has 2 aliphatic rings. The topological polar surface area (TPSA) is 80.4 Å². The van der Waals surface area contributed by atoms with Gasteiger partial charge in [0.1, 0.15) is 23.2 Å². The third kappa shape index (κ3) is 2.36. The minimum absolute atomic E-state index is 0.295. The molecule has 136 valence electrons. The highest BCUT2D eigenvalue weighted by Gasteiger charge is 2.36. The zero-order chi connectivity index (χ0) is 18.7. The predicted molar refractivity (Wildman–Crippen MR) is 98.2 cm³/mol. The minimum Gasteiger partial charge on any atom is -0.481 e. The molecule has 0 saturated carbocycles. The standard InChI is InChI=1S/C19H15FN4O2S/c1-9-22-23-15-8-21-17(11-4-2-3-5-13(11)20)16-12-6-10(19(25)26)7-14(12)27-18(16)24(9)15/h2-5,10H,6-8H2,1H3,(H,25,26). The number of aliphatic carboxylic acids is 1. The van der Waals surface area contributed by atoms with Crippen molar-refractivity contribution in [2.24, 2.45) is 10.9 Å². The molecule has 5 rings (SSSR count). The Morgan fingerprint density at radius 2 is 2.11 bits per heavy atom. The average molecular weight is 382 g/mol. The third-order valence-corrected chi connectivity index (χ3v) is 6.38. The van der Waals surface area contributed by atoms with E-state index in [9.17, 15) is 14.3 Å². The Bertz CT molecular complexity index is 1130. The molecule has 1 aliphatic heterocycles. The molecular weight excluding hydrogens is 367 g/mol. The number of rotatable bonds is 2. The van der Waals surface area contributed by atoms with Gasteiger partial charge in [0.15, 0.2) is 5.82 Å². The highest BCUT2D eigenvalue weighted by Crippen LogP contribution is 2.43. The van der Waals surface area contributed by atoms with Crippen LogP contribution in [0.3, 0.4) is 0 Å². The van der Waals surface area contributed by atoms with Gasteiger partial charge in [-0.2, -0.15) is 0 Å². The highest BCUT2D eigenvalue weighted by molar-refractivity contribution is 7.15. The van der Waals surface area contributed by atoms with Crippen LogP contribution in [0.1, 0.15) is 33.2 Å². The van der Waals surface area contributed by atoms with Crippen molar-refractivity contribution in [3.63, 3.8) is 0 Å². The molecule has 3 heterocycles. The van der Waals surface area contributed by atoms with Crippen molar-refractivity contribution in [3.05, 3.63) is 63.3 Å². The number of hydrogen-bond donors (Lipinski definition) is 1. The lowest BCUT2D eigenvalue weighted by Crippen LogP contribution is -2.15. The minimum atomic E-state index is -0.800. The molecule has 0 bridgehead atoms. The summed E-state index contributed by atoms with van der Waals surface area (Å²) in [6.45, 7) is 2.17. The summed E-state index contributed by atoms with van der Waals surface area (Å²) in [5, 5.41) is 18.7. The largest absolute Gasteiger partial charge is 0.481 e. The van der Waals surface area contributed by atoms with Crippen LogP contribution in [0.15, 0.2) is 29.3 Å². The normalized spacial score (nSPS) is 17.7. The molecule has 1 N–H and O–H groups in total. The summed E-state index contributed by atoms with van der Waals surface area (Å²) in [6.07, 6.45) is 0.921. The van der Waals surface area contributed by atoms with Gasteiger partial charge in [-0.15, -0.1) is 21.5 Å². The van der Waals surface area contributed by atoms with Crippen LogP contribution in [0.2, 0.25) is 0 Å². The number of aliphatic imine (C=N–C) groups is 1. The lowest BCUT2D eigenvalue weighted by molar-refractivity contribution is -0.141. The van der Waals surface area contributed by atoms with Crippen molar-refractivity contribution in [1.29, 1.82) is 0 Å². The summed E-state index contributed by atoms with van der Waals surface area (Å²) < 4.78 is 16.6. The van der Waals surface area contributed by atoms with Crippen LogP contribution in [0.25, 0.3) is 5.00 Å². The van der Waals surface area contributed by atoms with Crippen LogP contribution >= 0.6 is 11.3 Å². The summed E-state index contributed by atoms with van der Waals surface area (Å²) in [5.41, 5.74) is 2.78. The van der Waals surface area contributed by atoms with Crippen LogP contribution in [0, 0.1) is 18.7 Å². The van der Waals surface area contributed by atoms with E-state index in [1.165, 1.54) is 6.07 Å². The van der Waals surface area contributed by atoms with E-state index in [1.54, 1.807) is 29.5 Å². The van der Waals surface area contributed by atoms with E-state index in [-0.39, 0.29) is 5.82 Å². The molecule has 1 aromatic carbocycles. The third-order valence-electron chi connectivity index (χ3n) is 5.14. The number of aromatic nitrogens is 3. The van der Waals surface area contributed by atoms with Crippen LogP contribution < -0.4 is 0 Å². The van der Waals surface area contributed by atoms with Crippen LogP contribution in [0.5, 0.6) is 0 Å². The molecule has 0 fully saturated rings. The fraction of sp³-hybridized carbons (Fsp3) is 0.263. The highest BCUT2D eigenvalue weighted by atomic mass is 32.1. The zero-order valence-electron chi connectivity index (χ0n) is 14.4. The first-order valence-electron chi connectivity index (χ1n) is 8.63. The van der Waals surface area contributed by atoms with E-state index in [4.69, 9.17) is 0 Å². The number of carbonyl (C=O) groups is 1. The zero-order valence-corrected chi connectivity index (χ0v) is 15.3. The van der Waals surface area contributed by atoms with Crippen molar-refractivity contribution >= 4 is 23.0 Å². The predicted octanol–water partition coefficient (Wildman–Crippen LogP) is 2.93. The molecule has 27 heavy (non-hydrogen) atoms. The van der Waals surface area contributed by atoms with Gasteiger partial charge < -0.3 is 5.11 Å². The van der Waals surface area contributed by atoms with E-state index in [0.29, 0.717) is 36.5 Å². The molecule has 0 radical (unpaired) electrons. The van der Waals surface area contributed by atoms with E-state index in [2.05, 4.69) is 15.2 Å². The van der Waals surface area contributed by atoms with Crippen LogP contribution in [-0.2, 0) is 24.2 Å². The maximum absolute atomic E-state index is 14.6. The molecule has 1 aliphatic carbocycles. The van der Waals surface area contributed by atoms with Gasteiger partial charge in [-0.3, -0.25) is 14.4 Å². The second kappa shape index (κ2) is 5.82. The molecule has 3 aromatic rings. The van der Waals surface area contributed by atoms with Crippen molar-refractivity contribution < 1.29 is 14.3 Å². The van der Waals surface area contributed by atoms with Gasteiger partial charge in [0, 0.05) is 16.0 Å². The molecule has 0 spiro atoms. The molecule has 2 aromatic heterocycles. The molecule has 0 saturated heterocycles. The van der Waals surface area contributed by atoms with E-state index < -0.39 is 11.9 Å². The summed E-state index contributed by atoms with van der Waals surface area (Å²) in [4.78, 5) is 17.2.